The highest BCUT2D eigenvalue weighted by atomic mass is 19.1. The summed E-state index contributed by atoms with van der Waals surface area (Å²) in [6.45, 7) is 2.21. The SMILES string of the molecule is CON(C)C(=O)c1cc(F)ccc1NC(=O)C[C@@H]1CCC[C@H](C)C1. The Labute approximate surface area is 142 Å². The summed E-state index contributed by atoms with van der Waals surface area (Å²) in [5, 5.41) is 3.74. The Bertz CT molecular complexity index is 606. The van der Waals surface area contributed by atoms with E-state index in [1.807, 2.05) is 0 Å². The molecule has 2 amide bonds. The number of halogens is 1. The average molecular weight is 336 g/mol. The lowest BCUT2D eigenvalue weighted by atomic mass is 9.81. The summed E-state index contributed by atoms with van der Waals surface area (Å²) in [6, 6.07) is 3.74. The summed E-state index contributed by atoms with van der Waals surface area (Å²) >= 11 is 0. The molecule has 2 rings (SSSR count). The molecule has 0 unspecified atom stereocenters. The van der Waals surface area contributed by atoms with E-state index in [9.17, 15) is 14.0 Å². The maximum atomic E-state index is 13.5. The first-order valence-electron chi connectivity index (χ1n) is 8.32. The molecule has 1 saturated carbocycles. The van der Waals surface area contributed by atoms with E-state index < -0.39 is 11.7 Å². The van der Waals surface area contributed by atoms with E-state index in [1.54, 1.807) is 0 Å². The standard InChI is InChI=1S/C18H25FN2O3/c1-12-5-4-6-13(9-12)10-17(22)20-16-8-7-14(19)11-15(16)18(23)21(2)24-3/h7-8,11-13H,4-6,9-10H2,1-3H3,(H,20,22)/t12-,13+/m0/s1. The van der Waals surface area contributed by atoms with Gasteiger partial charge in [0.2, 0.25) is 5.91 Å². The van der Waals surface area contributed by atoms with Gasteiger partial charge in [-0.1, -0.05) is 19.8 Å². The Morgan fingerprint density at radius 3 is 2.79 bits per heavy atom. The molecular weight excluding hydrogens is 311 g/mol. The first-order valence-corrected chi connectivity index (χ1v) is 8.32. The van der Waals surface area contributed by atoms with Gasteiger partial charge in [-0.25, -0.2) is 9.45 Å². The number of hydrogen-bond donors (Lipinski definition) is 1. The number of hydrogen-bond acceptors (Lipinski definition) is 3. The fourth-order valence-electron chi connectivity index (χ4n) is 3.26. The van der Waals surface area contributed by atoms with Crippen LogP contribution in [-0.4, -0.2) is 31.0 Å². The number of hydroxylamine groups is 2. The molecule has 0 radical (unpaired) electrons. The molecule has 0 spiro atoms. The van der Waals surface area contributed by atoms with Gasteiger partial charge in [-0.2, -0.15) is 0 Å². The van der Waals surface area contributed by atoms with Gasteiger partial charge in [-0.15, -0.1) is 0 Å². The van der Waals surface area contributed by atoms with Crippen LogP contribution in [0.15, 0.2) is 18.2 Å². The van der Waals surface area contributed by atoms with Crippen LogP contribution in [0.3, 0.4) is 0 Å². The molecule has 1 N–H and O–H groups in total. The molecule has 2 atom stereocenters. The number of nitrogens with one attached hydrogen (secondary N) is 1. The van der Waals surface area contributed by atoms with Crippen molar-refractivity contribution in [2.24, 2.45) is 11.8 Å². The van der Waals surface area contributed by atoms with Crippen molar-refractivity contribution >= 4 is 17.5 Å². The van der Waals surface area contributed by atoms with Crippen molar-refractivity contribution in [2.45, 2.75) is 39.0 Å². The minimum atomic E-state index is -0.540. The van der Waals surface area contributed by atoms with Crippen LogP contribution in [0.2, 0.25) is 0 Å². The van der Waals surface area contributed by atoms with Gasteiger partial charge >= 0.3 is 0 Å². The van der Waals surface area contributed by atoms with E-state index in [4.69, 9.17) is 4.84 Å². The highest BCUT2D eigenvalue weighted by Crippen LogP contribution is 2.31. The molecule has 1 aromatic carbocycles. The number of carbonyl (C=O) groups excluding carboxylic acids is 2. The molecule has 24 heavy (non-hydrogen) atoms. The lowest BCUT2D eigenvalue weighted by molar-refractivity contribution is -0.117. The molecular formula is C18H25FN2O3. The predicted molar refractivity (Wildman–Crippen MR) is 89.9 cm³/mol. The molecule has 0 heterocycles. The second-order valence-corrected chi connectivity index (χ2v) is 6.57. The summed E-state index contributed by atoms with van der Waals surface area (Å²) in [5.74, 6) is -0.180. The van der Waals surface area contributed by atoms with Gasteiger partial charge < -0.3 is 5.32 Å². The van der Waals surface area contributed by atoms with Crippen molar-refractivity contribution in [1.29, 1.82) is 0 Å². The zero-order valence-electron chi connectivity index (χ0n) is 14.5. The van der Waals surface area contributed by atoms with Crippen molar-refractivity contribution in [2.75, 3.05) is 19.5 Å². The number of amides is 2. The van der Waals surface area contributed by atoms with Crippen LogP contribution in [0.1, 0.15) is 49.4 Å². The second-order valence-electron chi connectivity index (χ2n) is 6.57. The third-order valence-corrected chi connectivity index (χ3v) is 4.57. The first-order chi connectivity index (χ1) is 11.4. The van der Waals surface area contributed by atoms with E-state index in [0.717, 1.165) is 30.4 Å². The molecule has 0 aliphatic heterocycles. The fourth-order valence-corrected chi connectivity index (χ4v) is 3.26. The summed E-state index contributed by atoms with van der Waals surface area (Å²) in [5.41, 5.74) is 0.379. The molecule has 1 fully saturated rings. The maximum absolute atomic E-state index is 13.5. The Morgan fingerprint density at radius 1 is 1.38 bits per heavy atom. The van der Waals surface area contributed by atoms with Crippen LogP contribution in [0.25, 0.3) is 0 Å². The first kappa shape index (κ1) is 18.4. The van der Waals surface area contributed by atoms with Crippen LogP contribution in [0.5, 0.6) is 0 Å². The van der Waals surface area contributed by atoms with Crippen LogP contribution < -0.4 is 5.32 Å². The minimum absolute atomic E-state index is 0.0738. The Morgan fingerprint density at radius 2 is 2.12 bits per heavy atom. The zero-order chi connectivity index (χ0) is 17.7. The van der Waals surface area contributed by atoms with Gasteiger partial charge in [0.15, 0.2) is 0 Å². The topological polar surface area (TPSA) is 58.6 Å². The lowest BCUT2D eigenvalue weighted by Crippen LogP contribution is -2.27. The molecule has 1 aliphatic rings. The quantitative estimate of drug-likeness (QED) is 0.836. The van der Waals surface area contributed by atoms with Gasteiger partial charge in [0, 0.05) is 13.5 Å². The monoisotopic (exact) mass is 336 g/mol. The molecule has 0 bridgehead atoms. The largest absolute Gasteiger partial charge is 0.325 e. The Hall–Kier alpha value is -1.95. The van der Waals surface area contributed by atoms with E-state index in [-0.39, 0.29) is 11.5 Å². The summed E-state index contributed by atoms with van der Waals surface area (Å²) < 4.78 is 13.5. The van der Waals surface area contributed by atoms with Crippen molar-refractivity contribution in [3.05, 3.63) is 29.6 Å². The molecule has 1 aromatic rings. The number of rotatable bonds is 5. The number of benzene rings is 1. The Kier molecular flexibility index (Phi) is 6.31. The fraction of sp³-hybridized carbons (Fsp3) is 0.556. The summed E-state index contributed by atoms with van der Waals surface area (Å²) in [7, 11) is 2.78. The number of anilines is 1. The third kappa shape index (κ3) is 4.77. The Balaban J connectivity index is 2.08. The van der Waals surface area contributed by atoms with Crippen molar-refractivity contribution in [1.82, 2.24) is 5.06 Å². The number of nitrogens with zero attached hydrogens (tertiary/aromatic N) is 1. The highest BCUT2D eigenvalue weighted by Gasteiger charge is 2.23. The second kappa shape index (κ2) is 8.24. The maximum Gasteiger partial charge on any atom is 0.279 e. The zero-order valence-corrected chi connectivity index (χ0v) is 14.5. The lowest BCUT2D eigenvalue weighted by Gasteiger charge is -2.26. The van der Waals surface area contributed by atoms with Crippen LogP contribution >= 0.6 is 0 Å². The molecule has 6 heteroatoms. The van der Waals surface area contributed by atoms with E-state index in [1.165, 1.54) is 32.7 Å². The molecule has 5 nitrogen and oxygen atoms in total. The minimum Gasteiger partial charge on any atom is -0.325 e. The van der Waals surface area contributed by atoms with Gasteiger partial charge in [0.1, 0.15) is 5.82 Å². The van der Waals surface area contributed by atoms with Gasteiger partial charge in [0.05, 0.1) is 18.4 Å². The van der Waals surface area contributed by atoms with Crippen LogP contribution in [-0.2, 0) is 9.63 Å². The van der Waals surface area contributed by atoms with Crippen LogP contribution in [0, 0.1) is 17.7 Å². The molecule has 0 aromatic heterocycles. The molecule has 132 valence electrons. The van der Waals surface area contributed by atoms with Crippen molar-refractivity contribution in [3.63, 3.8) is 0 Å². The van der Waals surface area contributed by atoms with E-state index in [2.05, 4.69) is 12.2 Å². The van der Waals surface area contributed by atoms with Crippen molar-refractivity contribution < 1.29 is 18.8 Å². The van der Waals surface area contributed by atoms with Gasteiger partial charge in [-0.05, 0) is 42.9 Å². The number of carbonyl (C=O) groups is 2. The predicted octanol–water partition coefficient (Wildman–Crippen LogP) is 3.61. The molecule has 0 saturated heterocycles. The summed E-state index contributed by atoms with van der Waals surface area (Å²) in [4.78, 5) is 29.4. The average Bonchev–Trinajstić information content (AvgIpc) is 2.55. The summed E-state index contributed by atoms with van der Waals surface area (Å²) in [6.07, 6.45) is 4.90. The van der Waals surface area contributed by atoms with Gasteiger partial charge in [0.25, 0.3) is 5.91 Å². The van der Waals surface area contributed by atoms with Crippen molar-refractivity contribution in [3.8, 4) is 0 Å². The van der Waals surface area contributed by atoms with Crippen LogP contribution in [0.4, 0.5) is 10.1 Å². The third-order valence-electron chi connectivity index (χ3n) is 4.57. The van der Waals surface area contributed by atoms with E-state index >= 15 is 0 Å². The highest BCUT2D eigenvalue weighted by molar-refractivity contribution is 6.03. The van der Waals surface area contributed by atoms with E-state index in [0.29, 0.717) is 23.9 Å². The normalized spacial score (nSPS) is 20.5. The molecule has 1 aliphatic carbocycles. The smallest absolute Gasteiger partial charge is 0.279 e. The van der Waals surface area contributed by atoms with Gasteiger partial charge in [-0.3, -0.25) is 14.4 Å².